The Hall–Kier alpha value is -3.07. The third kappa shape index (κ3) is 4.03. The molecule has 0 fully saturated rings. The molecule has 2 aromatic heterocycles. The molecule has 3 aromatic rings. The van der Waals surface area contributed by atoms with Crippen LogP contribution in [-0.4, -0.2) is 40.5 Å². The summed E-state index contributed by atoms with van der Waals surface area (Å²) in [5, 5.41) is 6.84. The highest BCUT2D eigenvalue weighted by Gasteiger charge is 2.31. The number of hydrogen-bond donors (Lipinski definition) is 1. The maximum Gasteiger partial charge on any atom is 0.416 e. The molecule has 0 aliphatic rings. The number of aromatic nitrogens is 3. The molecule has 1 N–H and O–H groups in total. The molecule has 0 radical (unpaired) electrons. The maximum absolute atomic E-state index is 13.1. The van der Waals surface area contributed by atoms with Gasteiger partial charge in [-0.3, -0.25) is 4.79 Å². The van der Waals surface area contributed by atoms with Crippen LogP contribution in [0.15, 0.2) is 55.0 Å². The van der Waals surface area contributed by atoms with Gasteiger partial charge in [0.2, 0.25) is 0 Å². The fourth-order valence-electron chi connectivity index (χ4n) is 2.59. The Balaban J connectivity index is 2.06. The number of hydrogen-bond acceptors (Lipinski definition) is 3. The van der Waals surface area contributed by atoms with Gasteiger partial charge < -0.3 is 14.6 Å². The molecule has 0 saturated carbocycles. The molecule has 0 aliphatic carbocycles. The lowest BCUT2D eigenvalue weighted by Crippen LogP contribution is -2.27. The van der Waals surface area contributed by atoms with Crippen molar-refractivity contribution in [3.8, 4) is 11.5 Å². The van der Waals surface area contributed by atoms with E-state index in [0.29, 0.717) is 19.0 Å². The molecule has 0 saturated heterocycles. The SMILES string of the molecule is COCCNC(=O)c1cnn(-c2cccc(C(F)(F)F)c2)c1-n1cccc1. The Labute approximate surface area is 153 Å². The van der Waals surface area contributed by atoms with Crippen molar-refractivity contribution in [1.82, 2.24) is 19.7 Å². The summed E-state index contributed by atoms with van der Waals surface area (Å²) in [6.45, 7) is 0.640. The van der Waals surface area contributed by atoms with Crippen molar-refractivity contribution in [2.45, 2.75) is 6.18 Å². The Kier molecular flexibility index (Phi) is 5.31. The Morgan fingerprint density at radius 2 is 1.96 bits per heavy atom. The number of ether oxygens (including phenoxy) is 1. The van der Waals surface area contributed by atoms with Crippen molar-refractivity contribution in [2.24, 2.45) is 0 Å². The fraction of sp³-hybridized carbons (Fsp3) is 0.222. The Morgan fingerprint density at radius 1 is 1.22 bits per heavy atom. The van der Waals surface area contributed by atoms with Gasteiger partial charge in [0.05, 0.1) is 24.1 Å². The van der Waals surface area contributed by atoms with Crippen molar-refractivity contribution in [1.29, 1.82) is 0 Å². The van der Waals surface area contributed by atoms with Crippen molar-refractivity contribution in [3.63, 3.8) is 0 Å². The molecule has 0 unspecified atom stereocenters. The van der Waals surface area contributed by atoms with Gasteiger partial charge in [0.15, 0.2) is 5.82 Å². The van der Waals surface area contributed by atoms with Gasteiger partial charge in [0, 0.05) is 26.0 Å². The molecule has 9 heteroatoms. The van der Waals surface area contributed by atoms with E-state index in [-0.39, 0.29) is 11.3 Å². The molecule has 0 atom stereocenters. The third-order valence-electron chi connectivity index (χ3n) is 3.85. The molecular formula is C18H17F3N4O2. The summed E-state index contributed by atoms with van der Waals surface area (Å²) in [5.41, 5.74) is -0.357. The monoisotopic (exact) mass is 378 g/mol. The zero-order valence-electron chi connectivity index (χ0n) is 14.4. The molecule has 2 heterocycles. The summed E-state index contributed by atoms with van der Waals surface area (Å²) in [6, 6.07) is 8.28. The standard InChI is InChI=1S/C18H17F3N4O2/c1-27-10-7-22-16(26)15-12-23-25(17(15)24-8-2-3-9-24)14-6-4-5-13(11-14)18(19,20)21/h2-6,8-9,11-12H,7,10H2,1H3,(H,22,26). The molecule has 0 aliphatic heterocycles. The van der Waals surface area contributed by atoms with Crippen LogP contribution in [0.5, 0.6) is 0 Å². The van der Waals surface area contributed by atoms with Gasteiger partial charge >= 0.3 is 6.18 Å². The van der Waals surface area contributed by atoms with Gasteiger partial charge in [0.25, 0.3) is 5.91 Å². The molecule has 6 nitrogen and oxygen atoms in total. The van der Waals surface area contributed by atoms with E-state index in [9.17, 15) is 18.0 Å². The van der Waals surface area contributed by atoms with Gasteiger partial charge in [-0.05, 0) is 30.3 Å². The first-order valence-electron chi connectivity index (χ1n) is 8.08. The molecule has 0 bridgehead atoms. The van der Waals surface area contributed by atoms with Gasteiger partial charge in [0.1, 0.15) is 5.56 Å². The average Bonchev–Trinajstić information content (AvgIpc) is 3.30. The van der Waals surface area contributed by atoms with Crippen LogP contribution in [0.3, 0.4) is 0 Å². The van der Waals surface area contributed by atoms with E-state index in [1.807, 2.05) is 0 Å². The third-order valence-corrected chi connectivity index (χ3v) is 3.85. The van der Waals surface area contributed by atoms with Crippen LogP contribution in [0.2, 0.25) is 0 Å². The normalized spacial score (nSPS) is 11.6. The quantitative estimate of drug-likeness (QED) is 0.671. The zero-order chi connectivity index (χ0) is 19.4. The lowest BCUT2D eigenvalue weighted by molar-refractivity contribution is -0.137. The summed E-state index contributed by atoms with van der Waals surface area (Å²) in [7, 11) is 1.52. The van der Waals surface area contributed by atoms with Gasteiger partial charge in [-0.25, -0.2) is 4.68 Å². The first-order valence-corrected chi connectivity index (χ1v) is 8.08. The van der Waals surface area contributed by atoms with E-state index in [1.54, 1.807) is 29.1 Å². The summed E-state index contributed by atoms with van der Waals surface area (Å²) in [5.74, 6) is -0.0526. The largest absolute Gasteiger partial charge is 0.416 e. The average molecular weight is 378 g/mol. The highest BCUT2D eigenvalue weighted by molar-refractivity contribution is 5.97. The number of rotatable bonds is 6. The minimum absolute atomic E-state index is 0.199. The van der Waals surface area contributed by atoms with Crippen LogP contribution in [0, 0.1) is 0 Å². The first-order chi connectivity index (χ1) is 12.9. The molecular weight excluding hydrogens is 361 g/mol. The van der Waals surface area contributed by atoms with Crippen LogP contribution >= 0.6 is 0 Å². The van der Waals surface area contributed by atoms with Gasteiger partial charge in [-0.15, -0.1) is 0 Å². The van der Waals surface area contributed by atoms with Crippen molar-refractivity contribution in [3.05, 3.63) is 66.1 Å². The van der Waals surface area contributed by atoms with Crippen LogP contribution in [0.4, 0.5) is 13.2 Å². The lowest BCUT2D eigenvalue weighted by Gasteiger charge is -2.13. The predicted octanol–water partition coefficient (Wildman–Crippen LogP) is 3.06. The van der Waals surface area contributed by atoms with Crippen molar-refractivity contribution >= 4 is 5.91 Å². The van der Waals surface area contributed by atoms with E-state index in [2.05, 4.69) is 10.4 Å². The number of methoxy groups -OCH3 is 1. The van der Waals surface area contributed by atoms with Crippen LogP contribution in [-0.2, 0) is 10.9 Å². The number of nitrogens with one attached hydrogen (secondary N) is 1. The highest BCUT2D eigenvalue weighted by Crippen LogP contribution is 2.31. The maximum atomic E-state index is 13.1. The Bertz CT molecular complexity index is 917. The lowest BCUT2D eigenvalue weighted by atomic mass is 10.2. The van der Waals surface area contributed by atoms with Crippen LogP contribution < -0.4 is 5.32 Å². The topological polar surface area (TPSA) is 61.1 Å². The summed E-state index contributed by atoms with van der Waals surface area (Å²) < 4.78 is 47.0. The summed E-state index contributed by atoms with van der Waals surface area (Å²) in [6.07, 6.45) is 0.231. The summed E-state index contributed by atoms with van der Waals surface area (Å²) >= 11 is 0. The number of nitrogens with zero attached hydrogens (tertiary/aromatic N) is 3. The van der Waals surface area contributed by atoms with Gasteiger partial charge in [-0.2, -0.15) is 18.3 Å². The van der Waals surface area contributed by atoms with E-state index in [0.717, 1.165) is 12.1 Å². The second-order valence-corrected chi connectivity index (χ2v) is 5.68. The number of carbonyl (C=O) groups excluding carboxylic acids is 1. The smallest absolute Gasteiger partial charge is 0.383 e. The van der Waals surface area contributed by atoms with Crippen LogP contribution in [0.1, 0.15) is 15.9 Å². The molecule has 27 heavy (non-hydrogen) atoms. The number of alkyl halides is 3. The predicted molar refractivity (Wildman–Crippen MR) is 92.1 cm³/mol. The second-order valence-electron chi connectivity index (χ2n) is 5.68. The number of amides is 1. The number of carbonyl (C=O) groups is 1. The van der Waals surface area contributed by atoms with Crippen molar-refractivity contribution < 1.29 is 22.7 Å². The van der Waals surface area contributed by atoms with E-state index in [1.165, 1.54) is 30.1 Å². The van der Waals surface area contributed by atoms with Crippen LogP contribution in [0.25, 0.3) is 11.5 Å². The highest BCUT2D eigenvalue weighted by atomic mass is 19.4. The van der Waals surface area contributed by atoms with Crippen molar-refractivity contribution in [2.75, 3.05) is 20.3 Å². The zero-order valence-corrected chi connectivity index (χ0v) is 14.4. The second kappa shape index (κ2) is 7.67. The minimum atomic E-state index is -4.48. The van der Waals surface area contributed by atoms with E-state index >= 15 is 0 Å². The molecule has 0 spiro atoms. The summed E-state index contributed by atoms with van der Waals surface area (Å²) in [4.78, 5) is 12.5. The molecule has 1 aromatic carbocycles. The number of benzene rings is 1. The Morgan fingerprint density at radius 3 is 2.63 bits per heavy atom. The molecule has 142 valence electrons. The molecule has 1 amide bonds. The van der Waals surface area contributed by atoms with E-state index in [4.69, 9.17) is 4.74 Å². The van der Waals surface area contributed by atoms with Gasteiger partial charge in [-0.1, -0.05) is 6.07 Å². The first kappa shape index (κ1) is 18.7. The number of halogens is 3. The fourth-order valence-corrected chi connectivity index (χ4v) is 2.59. The molecule has 3 rings (SSSR count). The minimum Gasteiger partial charge on any atom is -0.383 e. The van der Waals surface area contributed by atoms with E-state index < -0.39 is 17.6 Å².